The Balaban J connectivity index is 1.13. The van der Waals surface area contributed by atoms with Crippen molar-refractivity contribution >= 4 is 84.8 Å². The highest BCUT2D eigenvalue weighted by Gasteiger charge is 2.19. The van der Waals surface area contributed by atoms with Crippen molar-refractivity contribution in [1.29, 1.82) is 0 Å². The van der Waals surface area contributed by atoms with Crippen LogP contribution in [-0.4, -0.2) is 19.5 Å². The van der Waals surface area contributed by atoms with Gasteiger partial charge in [-0.1, -0.05) is 115 Å². The molecule has 0 saturated heterocycles. The van der Waals surface area contributed by atoms with Crippen LogP contribution in [0, 0.1) is 0 Å². The van der Waals surface area contributed by atoms with E-state index >= 15 is 0 Å². The van der Waals surface area contributed by atoms with Gasteiger partial charge in [0.1, 0.15) is 0 Å². The van der Waals surface area contributed by atoms with Crippen molar-refractivity contribution in [2.24, 2.45) is 0 Å². The lowest BCUT2D eigenvalue weighted by Crippen LogP contribution is -2.00. The second-order valence-electron chi connectivity index (χ2n) is 12.4. The van der Waals surface area contributed by atoms with Crippen LogP contribution < -0.4 is 0 Å². The molecule has 11 aromatic rings. The van der Waals surface area contributed by atoms with Crippen molar-refractivity contribution in [2.75, 3.05) is 0 Å². The van der Waals surface area contributed by atoms with E-state index < -0.39 is 18.1 Å². The summed E-state index contributed by atoms with van der Waals surface area (Å²) in [6.07, 6.45) is 0. The molecule has 4 heterocycles. The summed E-state index contributed by atoms with van der Waals surface area (Å²) in [6, 6.07) is 41.9. The molecule has 11 rings (SSSR count). The van der Waals surface area contributed by atoms with E-state index in [1.165, 1.54) is 20.9 Å². The molecule has 6 heteroatoms. The Morgan fingerprint density at radius 1 is 0.431 bits per heavy atom. The monoisotopic (exact) mass is 691 g/mol. The van der Waals surface area contributed by atoms with Crippen LogP contribution in [0.2, 0.25) is 0 Å². The van der Waals surface area contributed by atoms with Gasteiger partial charge >= 0.3 is 0 Å². The largest absolute Gasteiger partial charge is 0.309 e. The third-order valence-electron chi connectivity index (χ3n) is 9.55. The van der Waals surface area contributed by atoms with Gasteiger partial charge in [0.25, 0.3) is 0 Å². The van der Waals surface area contributed by atoms with E-state index in [1.54, 1.807) is 22.7 Å². The van der Waals surface area contributed by atoms with E-state index in [4.69, 9.17) is 21.8 Å². The Morgan fingerprint density at radius 2 is 0.961 bits per heavy atom. The number of hydrogen-bond donors (Lipinski definition) is 0. The van der Waals surface area contributed by atoms with Gasteiger partial charge in [0.15, 0.2) is 17.5 Å². The fourth-order valence-electron chi connectivity index (χ4n) is 7.29. The highest BCUT2D eigenvalue weighted by atomic mass is 32.1. The Bertz CT molecular complexity index is 3380. The summed E-state index contributed by atoms with van der Waals surface area (Å²) >= 11 is 3.38. The number of aromatic nitrogens is 4. The molecule has 4 aromatic heterocycles. The topological polar surface area (TPSA) is 43.6 Å². The van der Waals surface area contributed by atoms with Crippen LogP contribution in [-0.2, 0) is 0 Å². The Hall–Kier alpha value is -6.21. The maximum atomic E-state index is 8.77. The molecule has 0 saturated carbocycles. The molecule has 0 bridgehead atoms. The van der Waals surface area contributed by atoms with Crippen LogP contribution in [0.3, 0.4) is 0 Å². The van der Waals surface area contributed by atoms with E-state index in [2.05, 4.69) is 108 Å². The minimum Gasteiger partial charge on any atom is -0.309 e. The first-order valence-corrected chi connectivity index (χ1v) is 18.2. The van der Waals surface area contributed by atoms with Gasteiger partial charge in [-0.2, -0.15) is 0 Å². The number of thiophene rings is 2. The number of hydrogen-bond acceptors (Lipinski definition) is 5. The van der Waals surface area contributed by atoms with Crippen molar-refractivity contribution in [1.82, 2.24) is 19.5 Å². The molecule has 0 aliphatic heterocycles. The molecule has 0 atom stereocenters. The molecule has 238 valence electrons. The molecular weight excluding hydrogens is 661 g/mol. The summed E-state index contributed by atoms with van der Waals surface area (Å²) in [6.45, 7) is 0. The van der Waals surface area contributed by atoms with Gasteiger partial charge in [-0.3, -0.25) is 0 Å². The fourth-order valence-corrected chi connectivity index (χ4v) is 9.60. The lowest BCUT2D eigenvalue weighted by atomic mass is 10.1. The molecule has 0 N–H and O–H groups in total. The van der Waals surface area contributed by atoms with Crippen molar-refractivity contribution in [3.05, 3.63) is 158 Å². The smallest absolute Gasteiger partial charge is 0.164 e. The maximum absolute atomic E-state index is 8.77. The van der Waals surface area contributed by atoms with E-state index in [0.29, 0.717) is 11.6 Å². The van der Waals surface area contributed by atoms with E-state index in [-0.39, 0.29) is 23.5 Å². The number of fused-ring (bicyclic) bond motifs is 9. The first kappa shape index (κ1) is 24.0. The second kappa shape index (κ2) is 11.2. The number of benzene rings is 7. The van der Waals surface area contributed by atoms with E-state index in [9.17, 15) is 0 Å². The van der Waals surface area contributed by atoms with Gasteiger partial charge in [-0.05, 0) is 42.5 Å². The molecule has 7 aromatic carbocycles. The van der Waals surface area contributed by atoms with Crippen LogP contribution >= 0.6 is 22.7 Å². The minimum absolute atomic E-state index is 0.0172. The zero-order valence-electron chi connectivity index (χ0n) is 31.7. The van der Waals surface area contributed by atoms with Crippen molar-refractivity contribution in [3.8, 4) is 39.9 Å². The lowest BCUT2D eigenvalue weighted by Gasteiger charge is -2.10. The number of para-hydroxylation sites is 2. The quantitative estimate of drug-likeness (QED) is 0.184. The van der Waals surface area contributed by atoms with Gasteiger partial charge in [-0.15, -0.1) is 22.7 Å². The van der Waals surface area contributed by atoms with Crippen LogP contribution in [0.25, 0.3) is 102 Å². The van der Waals surface area contributed by atoms with Gasteiger partial charge in [0, 0.05) is 67.8 Å². The van der Waals surface area contributed by atoms with Crippen LogP contribution in [0.5, 0.6) is 0 Å². The number of nitrogens with zero attached hydrogens (tertiary/aromatic N) is 4. The summed E-state index contributed by atoms with van der Waals surface area (Å²) in [7, 11) is 0. The molecule has 0 fully saturated rings. The second-order valence-corrected chi connectivity index (χ2v) is 14.6. The Morgan fingerprint density at radius 3 is 1.67 bits per heavy atom. The molecule has 0 aliphatic carbocycles. The predicted molar refractivity (Wildman–Crippen MR) is 216 cm³/mol. The molecule has 0 unspecified atom stereocenters. The van der Waals surface area contributed by atoms with E-state index in [1.807, 2.05) is 24.3 Å². The van der Waals surface area contributed by atoms with Crippen LogP contribution in [0.15, 0.2) is 158 Å². The van der Waals surface area contributed by atoms with Gasteiger partial charge < -0.3 is 4.57 Å². The predicted octanol–water partition coefficient (Wildman–Crippen LogP) is 12.7. The normalized spacial score (nSPS) is 13.3. The summed E-state index contributed by atoms with van der Waals surface area (Å²) in [5, 5.41) is 6.96. The summed E-state index contributed by atoms with van der Waals surface area (Å²) in [5.74, 6) is 0.708. The van der Waals surface area contributed by atoms with Crippen LogP contribution in [0.1, 0.15) is 6.85 Å². The third kappa shape index (κ3) is 4.47. The standard InChI is InChI=1S/C45H26N4S2/c1-2-11-27(12-3-1)43-46-44(28-21-23-33-32-15-6-9-19-38(32)50-40(33)25-28)48-45(47-43)29-22-24-34-41(26-29)51-39-20-10-18-37(42(34)39)49-35-16-7-4-13-30(35)31-14-5-8-17-36(31)49/h1-26H/i1D,2D,3D,11D,12D. The zero-order chi connectivity index (χ0) is 37.8. The molecule has 0 amide bonds. The van der Waals surface area contributed by atoms with Crippen molar-refractivity contribution in [2.45, 2.75) is 0 Å². The molecular formula is C45H26N4S2. The molecule has 0 radical (unpaired) electrons. The summed E-state index contributed by atoms with van der Waals surface area (Å²) in [5.41, 5.74) is 4.78. The molecule has 0 aliphatic rings. The van der Waals surface area contributed by atoms with Crippen molar-refractivity contribution < 1.29 is 6.85 Å². The third-order valence-corrected chi connectivity index (χ3v) is 11.8. The SMILES string of the molecule is [2H]c1c([2H])c([2H])c(-c2nc(-c3ccc4c(c3)sc3ccccc34)nc(-c3ccc4c(c3)sc3cccc(-n5c6ccccc6c6ccccc65)c34)n2)c([2H])c1[2H]. The molecule has 4 nitrogen and oxygen atoms in total. The summed E-state index contributed by atoms with van der Waals surface area (Å²) < 4.78 is 49.3. The van der Waals surface area contributed by atoms with Gasteiger partial charge in [-0.25, -0.2) is 15.0 Å². The molecule has 0 spiro atoms. The highest BCUT2D eigenvalue weighted by molar-refractivity contribution is 7.26. The lowest BCUT2D eigenvalue weighted by molar-refractivity contribution is 1.08. The average molecular weight is 692 g/mol. The first-order chi connectivity index (χ1) is 27.3. The van der Waals surface area contributed by atoms with Gasteiger partial charge in [0.05, 0.1) is 23.6 Å². The number of rotatable bonds is 4. The zero-order valence-corrected chi connectivity index (χ0v) is 28.4. The first-order valence-electron chi connectivity index (χ1n) is 19.0. The average Bonchev–Trinajstić information content (AvgIpc) is 3.91. The van der Waals surface area contributed by atoms with E-state index in [0.717, 1.165) is 58.1 Å². The van der Waals surface area contributed by atoms with Crippen LogP contribution in [0.4, 0.5) is 0 Å². The molecule has 51 heavy (non-hydrogen) atoms. The van der Waals surface area contributed by atoms with Gasteiger partial charge in [0.2, 0.25) is 0 Å². The van der Waals surface area contributed by atoms with Crippen molar-refractivity contribution in [3.63, 3.8) is 0 Å². The summed E-state index contributed by atoms with van der Waals surface area (Å²) in [4.78, 5) is 14.6. The Kier molecular flexibility index (Phi) is 5.25. The highest BCUT2D eigenvalue weighted by Crippen LogP contribution is 2.42. The minimum atomic E-state index is -0.469. The fraction of sp³-hybridized carbons (Fsp3) is 0. The maximum Gasteiger partial charge on any atom is 0.164 e. The Labute approximate surface area is 307 Å².